The Morgan fingerprint density at radius 3 is 2.59 bits per heavy atom. The molecule has 0 aromatic heterocycles. The third-order valence-electron chi connectivity index (χ3n) is 5.29. The van der Waals surface area contributed by atoms with Gasteiger partial charge in [0.1, 0.15) is 5.75 Å². The highest BCUT2D eigenvalue weighted by atomic mass is 35.5. The van der Waals surface area contributed by atoms with Crippen LogP contribution in [0.3, 0.4) is 0 Å². The zero-order valence-corrected chi connectivity index (χ0v) is 16.8. The summed E-state index contributed by atoms with van der Waals surface area (Å²) >= 11 is 6.05. The number of halogens is 1. The average Bonchev–Trinajstić information content (AvgIpc) is 2.68. The summed E-state index contributed by atoms with van der Waals surface area (Å²) in [5.41, 5.74) is 3.19. The molecule has 1 saturated heterocycles. The van der Waals surface area contributed by atoms with Crippen molar-refractivity contribution in [2.24, 2.45) is 0 Å². The van der Waals surface area contributed by atoms with Crippen molar-refractivity contribution >= 4 is 28.9 Å². The number of aryl methyl sites for hydroxylation is 1. The highest BCUT2D eigenvalue weighted by Crippen LogP contribution is 2.27. The molecule has 1 fully saturated rings. The van der Waals surface area contributed by atoms with Gasteiger partial charge in [-0.2, -0.15) is 0 Å². The van der Waals surface area contributed by atoms with Crippen molar-refractivity contribution in [2.45, 2.75) is 19.9 Å². The van der Waals surface area contributed by atoms with Gasteiger partial charge in [-0.05, 0) is 43.7 Å². The Hall–Kier alpha value is -2.24. The molecule has 1 heterocycles. The Morgan fingerprint density at radius 1 is 1.22 bits per heavy atom. The largest absolute Gasteiger partial charge is 0.495 e. The summed E-state index contributed by atoms with van der Waals surface area (Å²) in [5, 5.41) is 3.54. The number of nitrogens with one attached hydrogen (secondary N) is 2. The molecule has 5 nitrogen and oxygen atoms in total. The number of nitrogens with zero attached hydrogens (tertiary/aromatic N) is 1. The van der Waals surface area contributed by atoms with Crippen molar-refractivity contribution in [3.8, 4) is 5.75 Å². The normalized spacial score (nSPS) is 16.1. The van der Waals surface area contributed by atoms with Gasteiger partial charge in [-0.25, -0.2) is 0 Å². The molecule has 0 unspecified atom stereocenters. The Kier molecular flexibility index (Phi) is 6.24. The molecule has 1 atom stereocenters. The first kappa shape index (κ1) is 19.5. The third-order valence-corrected chi connectivity index (χ3v) is 5.52. The topological polar surface area (TPSA) is 46.0 Å². The van der Waals surface area contributed by atoms with E-state index >= 15 is 0 Å². The van der Waals surface area contributed by atoms with Crippen LogP contribution in [0.5, 0.6) is 5.75 Å². The first-order chi connectivity index (χ1) is 13.0. The highest BCUT2D eigenvalue weighted by Gasteiger charge is 2.30. The smallest absolute Gasteiger partial charge is 0.282 e. The van der Waals surface area contributed by atoms with Crippen molar-refractivity contribution in [1.29, 1.82) is 0 Å². The van der Waals surface area contributed by atoms with Crippen LogP contribution in [0.4, 0.5) is 11.4 Å². The van der Waals surface area contributed by atoms with Crippen LogP contribution in [0.25, 0.3) is 0 Å². The van der Waals surface area contributed by atoms with E-state index in [0.29, 0.717) is 16.5 Å². The van der Waals surface area contributed by atoms with Gasteiger partial charge in [0.25, 0.3) is 5.91 Å². The number of benzene rings is 2. The van der Waals surface area contributed by atoms with Crippen molar-refractivity contribution in [3.05, 3.63) is 53.1 Å². The van der Waals surface area contributed by atoms with E-state index in [9.17, 15) is 4.79 Å². The highest BCUT2D eigenvalue weighted by molar-refractivity contribution is 6.31. The molecule has 2 aromatic rings. The van der Waals surface area contributed by atoms with E-state index in [-0.39, 0.29) is 11.9 Å². The van der Waals surface area contributed by atoms with Crippen LogP contribution in [-0.2, 0) is 4.79 Å². The number of quaternary nitrogens is 1. The van der Waals surface area contributed by atoms with Crippen LogP contribution in [0.1, 0.15) is 12.5 Å². The van der Waals surface area contributed by atoms with Gasteiger partial charge in [-0.15, -0.1) is 0 Å². The fourth-order valence-electron chi connectivity index (χ4n) is 3.59. The van der Waals surface area contributed by atoms with E-state index < -0.39 is 0 Å². The summed E-state index contributed by atoms with van der Waals surface area (Å²) in [7, 11) is 1.58. The fraction of sp³-hybridized carbons (Fsp3) is 0.381. The molecular formula is C21H27ClN3O2+. The van der Waals surface area contributed by atoms with Crippen LogP contribution in [0, 0.1) is 6.92 Å². The Morgan fingerprint density at radius 2 is 1.93 bits per heavy atom. The lowest BCUT2D eigenvalue weighted by Crippen LogP contribution is -3.19. The summed E-state index contributed by atoms with van der Waals surface area (Å²) in [5.74, 6) is 0.592. The maximum absolute atomic E-state index is 12.8. The number of hydrogen-bond acceptors (Lipinski definition) is 3. The van der Waals surface area contributed by atoms with Gasteiger partial charge in [0.2, 0.25) is 0 Å². The van der Waals surface area contributed by atoms with E-state index in [0.717, 1.165) is 26.2 Å². The molecule has 0 saturated carbocycles. The van der Waals surface area contributed by atoms with Gasteiger partial charge in [-0.3, -0.25) is 4.79 Å². The second-order valence-corrected chi connectivity index (χ2v) is 7.42. The minimum absolute atomic E-state index is 0.0186. The van der Waals surface area contributed by atoms with Gasteiger partial charge in [0, 0.05) is 10.7 Å². The minimum Gasteiger partial charge on any atom is -0.495 e. The number of piperazine rings is 1. The number of para-hydroxylation sites is 1. The molecule has 144 valence electrons. The zero-order chi connectivity index (χ0) is 19.4. The monoisotopic (exact) mass is 388 g/mol. The Balaban J connectivity index is 1.61. The van der Waals surface area contributed by atoms with Gasteiger partial charge in [0.15, 0.2) is 6.04 Å². The van der Waals surface area contributed by atoms with Crippen molar-refractivity contribution in [1.82, 2.24) is 0 Å². The number of amides is 1. The molecule has 1 aliphatic heterocycles. The third kappa shape index (κ3) is 4.54. The summed E-state index contributed by atoms with van der Waals surface area (Å²) in [6.07, 6.45) is 0. The van der Waals surface area contributed by atoms with Crippen LogP contribution >= 0.6 is 11.6 Å². The van der Waals surface area contributed by atoms with E-state index in [1.165, 1.54) is 16.2 Å². The second-order valence-electron chi connectivity index (χ2n) is 6.99. The molecule has 3 rings (SSSR count). The molecule has 2 N–H and O–H groups in total. The maximum Gasteiger partial charge on any atom is 0.282 e. The van der Waals surface area contributed by atoms with Crippen molar-refractivity contribution in [3.63, 3.8) is 0 Å². The Bertz CT molecular complexity index is 804. The number of ether oxygens (including phenoxy) is 1. The van der Waals surface area contributed by atoms with Crippen molar-refractivity contribution in [2.75, 3.05) is 43.5 Å². The zero-order valence-electron chi connectivity index (χ0n) is 16.1. The standard InChI is InChI=1S/C21H26ClN3O2/c1-15-6-4-5-7-19(15)25-12-10-24(11-13-25)16(2)21(26)23-18-14-17(22)8-9-20(18)27-3/h4-9,14,16H,10-13H2,1-3H3,(H,23,26)/p+1/t16-/m1/s1. The van der Waals surface area contributed by atoms with Gasteiger partial charge in [-0.1, -0.05) is 29.8 Å². The minimum atomic E-state index is -0.146. The SMILES string of the molecule is COc1ccc(Cl)cc1NC(=O)[C@@H](C)[NH+]1CCN(c2ccccc2C)CC1. The molecule has 1 aliphatic rings. The number of carbonyl (C=O) groups is 1. The molecule has 0 bridgehead atoms. The first-order valence-electron chi connectivity index (χ1n) is 9.29. The van der Waals surface area contributed by atoms with Gasteiger partial charge < -0.3 is 19.9 Å². The molecule has 0 spiro atoms. The van der Waals surface area contributed by atoms with Crippen molar-refractivity contribution < 1.29 is 14.4 Å². The fourth-order valence-corrected chi connectivity index (χ4v) is 3.76. The lowest BCUT2D eigenvalue weighted by Gasteiger charge is -2.36. The number of anilines is 2. The summed E-state index contributed by atoms with van der Waals surface area (Å²) in [6, 6.07) is 13.5. The number of carbonyl (C=O) groups excluding carboxylic acids is 1. The van der Waals surface area contributed by atoms with E-state index in [1.807, 2.05) is 6.92 Å². The van der Waals surface area contributed by atoms with E-state index in [4.69, 9.17) is 16.3 Å². The van der Waals surface area contributed by atoms with Gasteiger partial charge >= 0.3 is 0 Å². The predicted molar refractivity (Wildman–Crippen MR) is 110 cm³/mol. The number of hydrogen-bond donors (Lipinski definition) is 2. The Labute approximate surface area is 165 Å². The maximum atomic E-state index is 12.8. The van der Waals surface area contributed by atoms with Crippen LogP contribution < -0.4 is 19.9 Å². The van der Waals surface area contributed by atoms with Crippen LogP contribution in [0.15, 0.2) is 42.5 Å². The molecule has 0 radical (unpaired) electrons. The molecule has 2 aromatic carbocycles. The molecule has 0 aliphatic carbocycles. The molecular weight excluding hydrogens is 362 g/mol. The van der Waals surface area contributed by atoms with E-state index in [2.05, 4.69) is 41.4 Å². The molecule has 27 heavy (non-hydrogen) atoms. The lowest BCUT2D eigenvalue weighted by atomic mass is 10.1. The van der Waals surface area contributed by atoms with Gasteiger partial charge in [0.05, 0.1) is 39.0 Å². The average molecular weight is 389 g/mol. The second kappa shape index (κ2) is 8.63. The van der Waals surface area contributed by atoms with Crippen LogP contribution in [0.2, 0.25) is 5.02 Å². The van der Waals surface area contributed by atoms with Crippen LogP contribution in [-0.4, -0.2) is 45.2 Å². The molecule has 1 amide bonds. The number of rotatable bonds is 5. The lowest BCUT2D eigenvalue weighted by molar-refractivity contribution is -0.914. The van der Waals surface area contributed by atoms with E-state index in [1.54, 1.807) is 25.3 Å². The summed E-state index contributed by atoms with van der Waals surface area (Å²) < 4.78 is 5.31. The quantitative estimate of drug-likeness (QED) is 0.826. The predicted octanol–water partition coefficient (Wildman–Crippen LogP) is 2.39. The summed E-state index contributed by atoms with van der Waals surface area (Å²) in [6.45, 7) is 7.86. The number of methoxy groups -OCH3 is 1. The summed E-state index contributed by atoms with van der Waals surface area (Å²) in [4.78, 5) is 16.4. The first-order valence-corrected chi connectivity index (χ1v) is 9.67. The molecule has 6 heteroatoms.